The Labute approximate surface area is 157 Å². The molecular formula is C17H25N7O3. The van der Waals surface area contributed by atoms with Crippen LogP contribution in [0.5, 0.6) is 5.75 Å². The molecule has 3 rings (SSSR count). The average molecular weight is 375 g/mol. The summed E-state index contributed by atoms with van der Waals surface area (Å²) in [6.45, 7) is 2.27. The number of aromatic nitrogens is 1. The molecule has 1 unspecified atom stereocenters. The van der Waals surface area contributed by atoms with Crippen molar-refractivity contribution >= 4 is 11.6 Å². The van der Waals surface area contributed by atoms with Crippen LogP contribution in [0.2, 0.25) is 0 Å². The zero-order chi connectivity index (χ0) is 19.2. The number of anilines is 1. The van der Waals surface area contributed by atoms with E-state index in [4.69, 9.17) is 26.2 Å². The van der Waals surface area contributed by atoms with E-state index in [1.165, 1.54) is 6.20 Å². The topological polar surface area (TPSA) is 160 Å². The van der Waals surface area contributed by atoms with Gasteiger partial charge in [-0.1, -0.05) is 0 Å². The van der Waals surface area contributed by atoms with E-state index >= 15 is 0 Å². The number of amides is 1. The number of nitrogens with one attached hydrogen (secondary N) is 3. The van der Waals surface area contributed by atoms with Crippen LogP contribution in [-0.2, 0) is 9.53 Å². The Morgan fingerprint density at radius 3 is 2.78 bits per heavy atom. The highest BCUT2D eigenvalue weighted by molar-refractivity contribution is 5.94. The predicted octanol–water partition coefficient (Wildman–Crippen LogP) is -1.29. The van der Waals surface area contributed by atoms with Gasteiger partial charge in [0.15, 0.2) is 0 Å². The van der Waals surface area contributed by atoms with Crippen molar-refractivity contribution in [3.8, 4) is 11.8 Å². The Balaban J connectivity index is 1.65. The van der Waals surface area contributed by atoms with Crippen molar-refractivity contribution in [1.82, 2.24) is 15.6 Å². The van der Waals surface area contributed by atoms with Gasteiger partial charge in [0, 0.05) is 31.8 Å². The summed E-state index contributed by atoms with van der Waals surface area (Å²) in [6, 6.07) is 3.84. The minimum Gasteiger partial charge on any atom is -0.483 e. The van der Waals surface area contributed by atoms with Crippen LogP contribution in [0.1, 0.15) is 6.42 Å². The lowest BCUT2D eigenvalue weighted by Crippen LogP contribution is -2.63. The van der Waals surface area contributed by atoms with Crippen molar-refractivity contribution in [2.24, 2.45) is 23.3 Å². The van der Waals surface area contributed by atoms with Crippen LogP contribution in [0, 0.1) is 23.2 Å². The summed E-state index contributed by atoms with van der Waals surface area (Å²) in [7, 11) is 0. The number of pyridine rings is 1. The second kappa shape index (κ2) is 9.07. The number of nitrogens with two attached hydrogens (primary N) is 2. The molecule has 0 aromatic carbocycles. The number of rotatable bonds is 7. The number of carbonyl (C=O) groups excluding carboxylic acids is 1. The van der Waals surface area contributed by atoms with Crippen molar-refractivity contribution in [3.63, 3.8) is 0 Å². The first-order valence-corrected chi connectivity index (χ1v) is 8.92. The van der Waals surface area contributed by atoms with Crippen LogP contribution in [0.3, 0.4) is 0 Å². The van der Waals surface area contributed by atoms with Crippen molar-refractivity contribution in [1.29, 1.82) is 5.26 Å². The zero-order valence-corrected chi connectivity index (χ0v) is 14.9. The van der Waals surface area contributed by atoms with Gasteiger partial charge < -0.3 is 36.9 Å². The fraction of sp³-hybridized carbons (Fsp3) is 0.588. The molecule has 0 radical (unpaired) electrons. The lowest BCUT2D eigenvalue weighted by molar-refractivity contribution is -0.122. The average Bonchev–Trinajstić information content (AvgIpc) is 2.61. The van der Waals surface area contributed by atoms with Gasteiger partial charge in [-0.2, -0.15) is 5.26 Å². The van der Waals surface area contributed by atoms with Crippen LogP contribution in [-0.4, -0.2) is 55.6 Å². The molecule has 146 valence electrons. The fourth-order valence-corrected chi connectivity index (χ4v) is 3.06. The van der Waals surface area contributed by atoms with E-state index < -0.39 is 12.1 Å². The lowest BCUT2D eigenvalue weighted by atomic mass is 9.96. The Morgan fingerprint density at radius 2 is 2.19 bits per heavy atom. The van der Waals surface area contributed by atoms with E-state index in [1.807, 2.05) is 0 Å². The first kappa shape index (κ1) is 19.5. The third-order valence-electron chi connectivity index (χ3n) is 4.65. The molecule has 2 aliphatic rings. The maximum Gasteiger partial charge on any atom is 0.233 e. The van der Waals surface area contributed by atoms with Gasteiger partial charge in [0.1, 0.15) is 17.5 Å². The SMILES string of the molecule is N#CCC1CNC(C(C(=O)Nc2cnccc2OC2COC2)C(N)N)NC1. The number of hydrogen-bond donors (Lipinski definition) is 5. The molecule has 1 aromatic rings. The van der Waals surface area contributed by atoms with Gasteiger partial charge in [0.2, 0.25) is 5.91 Å². The maximum atomic E-state index is 12.9. The highest BCUT2D eigenvalue weighted by atomic mass is 16.6. The van der Waals surface area contributed by atoms with Crippen LogP contribution >= 0.6 is 0 Å². The molecule has 7 N–H and O–H groups in total. The summed E-state index contributed by atoms with van der Waals surface area (Å²) in [5.74, 6) is -0.341. The molecule has 2 saturated heterocycles. The van der Waals surface area contributed by atoms with Gasteiger partial charge in [0.25, 0.3) is 0 Å². The Bertz CT molecular complexity index is 681. The summed E-state index contributed by atoms with van der Waals surface area (Å²) in [6.07, 6.45) is 2.27. The molecule has 1 amide bonds. The summed E-state index contributed by atoms with van der Waals surface area (Å²) >= 11 is 0. The van der Waals surface area contributed by atoms with Crippen molar-refractivity contribution in [2.75, 3.05) is 31.6 Å². The quantitative estimate of drug-likeness (QED) is 0.365. The molecule has 0 aliphatic carbocycles. The first-order chi connectivity index (χ1) is 13.1. The Morgan fingerprint density at radius 1 is 1.44 bits per heavy atom. The van der Waals surface area contributed by atoms with Gasteiger partial charge in [-0.15, -0.1) is 0 Å². The Kier molecular flexibility index (Phi) is 6.54. The predicted molar refractivity (Wildman–Crippen MR) is 97.3 cm³/mol. The molecule has 0 spiro atoms. The molecule has 0 saturated carbocycles. The van der Waals surface area contributed by atoms with E-state index in [9.17, 15) is 4.79 Å². The van der Waals surface area contributed by atoms with E-state index in [-0.39, 0.29) is 24.1 Å². The fourth-order valence-electron chi connectivity index (χ4n) is 3.06. The number of hydrogen-bond acceptors (Lipinski definition) is 9. The molecule has 0 bridgehead atoms. The smallest absolute Gasteiger partial charge is 0.233 e. The minimum atomic E-state index is -0.872. The highest BCUT2D eigenvalue weighted by Gasteiger charge is 2.35. The standard InChI is InChI=1S/C17H25N7O3/c18-3-1-10-5-22-16(23-6-10)14(15(19)20)17(25)24-12-7-21-4-2-13(12)27-11-8-26-9-11/h2,4,7,10-11,14-16,22-23H,1,5-6,8-9,19-20H2,(H,24,25). The zero-order valence-electron chi connectivity index (χ0n) is 14.9. The molecule has 3 heterocycles. The second-order valence-electron chi connectivity index (χ2n) is 6.76. The van der Waals surface area contributed by atoms with Gasteiger partial charge in [0.05, 0.1) is 43.7 Å². The summed E-state index contributed by atoms with van der Waals surface area (Å²) in [5, 5.41) is 18.1. The third-order valence-corrected chi connectivity index (χ3v) is 4.65. The molecular weight excluding hydrogens is 350 g/mol. The van der Waals surface area contributed by atoms with Gasteiger partial charge in [-0.05, 0) is 5.92 Å². The minimum absolute atomic E-state index is 0.0330. The number of carbonyl (C=O) groups is 1. The number of ether oxygens (including phenoxy) is 2. The monoisotopic (exact) mass is 375 g/mol. The molecule has 10 heteroatoms. The molecule has 1 aromatic heterocycles. The molecule has 1 atom stereocenters. The molecule has 27 heavy (non-hydrogen) atoms. The van der Waals surface area contributed by atoms with E-state index in [0.717, 1.165) is 0 Å². The second-order valence-corrected chi connectivity index (χ2v) is 6.76. The largest absolute Gasteiger partial charge is 0.483 e. The first-order valence-electron chi connectivity index (χ1n) is 8.92. The normalized spacial score (nSPS) is 23.9. The summed E-state index contributed by atoms with van der Waals surface area (Å²) in [4.78, 5) is 16.9. The molecule has 10 nitrogen and oxygen atoms in total. The van der Waals surface area contributed by atoms with Crippen LogP contribution in [0.25, 0.3) is 0 Å². The molecule has 2 fully saturated rings. The van der Waals surface area contributed by atoms with Crippen LogP contribution in [0.15, 0.2) is 18.5 Å². The Hall–Kier alpha value is -2.29. The number of nitrogens with zero attached hydrogens (tertiary/aromatic N) is 2. The highest BCUT2D eigenvalue weighted by Crippen LogP contribution is 2.26. The van der Waals surface area contributed by atoms with Gasteiger partial charge >= 0.3 is 0 Å². The summed E-state index contributed by atoms with van der Waals surface area (Å²) < 4.78 is 10.9. The van der Waals surface area contributed by atoms with Crippen LogP contribution in [0.4, 0.5) is 5.69 Å². The van der Waals surface area contributed by atoms with Crippen molar-refractivity contribution < 1.29 is 14.3 Å². The molecule has 2 aliphatic heterocycles. The summed E-state index contributed by atoms with van der Waals surface area (Å²) in [5.41, 5.74) is 12.2. The van der Waals surface area contributed by atoms with Crippen LogP contribution < -0.4 is 32.2 Å². The van der Waals surface area contributed by atoms with E-state index in [2.05, 4.69) is 27.0 Å². The number of nitriles is 1. The third kappa shape index (κ3) is 4.91. The van der Waals surface area contributed by atoms with E-state index in [1.54, 1.807) is 12.3 Å². The van der Waals surface area contributed by atoms with Gasteiger partial charge in [-0.3, -0.25) is 9.78 Å². The maximum absolute atomic E-state index is 12.9. The van der Waals surface area contributed by atoms with Crippen molar-refractivity contribution in [2.45, 2.75) is 24.9 Å². The van der Waals surface area contributed by atoms with E-state index in [0.29, 0.717) is 44.2 Å². The van der Waals surface area contributed by atoms with Crippen molar-refractivity contribution in [3.05, 3.63) is 18.5 Å². The van der Waals surface area contributed by atoms with Gasteiger partial charge in [-0.25, -0.2) is 0 Å². The lowest BCUT2D eigenvalue weighted by Gasteiger charge is -2.36.